The summed E-state index contributed by atoms with van der Waals surface area (Å²) < 4.78 is 5.35. The second-order valence-corrected chi connectivity index (χ2v) is 6.56. The number of nitrogens with zero attached hydrogens (tertiary/aromatic N) is 1. The average molecular weight is 254 g/mol. The summed E-state index contributed by atoms with van der Waals surface area (Å²) in [7, 11) is 0. The third kappa shape index (κ3) is 3.51. The van der Waals surface area contributed by atoms with Gasteiger partial charge in [-0.15, -0.1) is 0 Å². The van der Waals surface area contributed by atoms with E-state index in [4.69, 9.17) is 4.74 Å². The Morgan fingerprint density at radius 2 is 2.29 bits per heavy atom. The first-order valence-electron chi connectivity index (χ1n) is 5.80. The molecule has 0 fully saturated rings. The van der Waals surface area contributed by atoms with E-state index >= 15 is 0 Å². The standard InChI is InChI=1S/C12H18N2O2S/c1-12(2,3)6-10(15)14-11-13-8-4-5-16-7-9(8)17-11/h4-7H2,1-3H3,(H,13,14,15). The highest BCUT2D eigenvalue weighted by molar-refractivity contribution is 7.15. The Labute approximate surface area is 105 Å². The molecule has 1 amide bonds. The third-order valence-electron chi connectivity index (χ3n) is 2.43. The van der Waals surface area contributed by atoms with Crippen molar-refractivity contribution in [1.29, 1.82) is 0 Å². The summed E-state index contributed by atoms with van der Waals surface area (Å²) in [5.74, 6) is 0.0320. The van der Waals surface area contributed by atoms with Crippen LogP contribution in [0.3, 0.4) is 0 Å². The number of amides is 1. The summed E-state index contributed by atoms with van der Waals surface area (Å²) in [6.45, 7) is 7.50. The number of aromatic nitrogens is 1. The summed E-state index contributed by atoms with van der Waals surface area (Å²) in [5.41, 5.74) is 1.08. The fraction of sp³-hybridized carbons (Fsp3) is 0.667. The SMILES string of the molecule is CC(C)(C)CC(=O)Nc1nc2c(s1)COCC2. The maximum Gasteiger partial charge on any atom is 0.226 e. The normalized spacial score (nSPS) is 15.5. The molecule has 0 aromatic carbocycles. The molecule has 5 heteroatoms. The molecule has 0 radical (unpaired) electrons. The Morgan fingerprint density at radius 1 is 1.53 bits per heavy atom. The molecule has 0 spiro atoms. The first-order valence-corrected chi connectivity index (χ1v) is 6.62. The molecule has 1 aromatic rings. The molecule has 0 saturated carbocycles. The maximum absolute atomic E-state index is 11.8. The number of anilines is 1. The highest BCUT2D eigenvalue weighted by Gasteiger charge is 2.19. The molecule has 1 aliphatic rings. The van der Waals surface area contributed by atoms with Crippen LogP contribution in [0.4, 0.5) is 5.13 Å². The van der Waals surface area contributed by atoms with Crippen molar-refractivity contribution in [3.05, 3.63) is 10.6 Å². The zero-order valence-corrected chi connectivity index (χ0v) is 11.3. The van der Waals surface area contributed by atoms with Crippen LogP contribution in [0.2, 0.25) is 0 Å². The molecule has 0 atom stereocenters. The van der Waals surface area contributed by atoms with Crippen molar-refractivity contribution >= 4 is 22.4 Å². The minimum absolute atomic E-state index is 0.00404. The van der Waals surface area contributed by atoms with E-state index in [0.717, 1.165) is 23.6 Å². The monoisotopic (exact) mass is 254 g/mol. The molecule has 1 aromatic heterocycles. The maximum atomic E-state index is 11.8. The Bertz CT molecular complexity index is 397. The lowest BCUT2D eigenvalue weighted by atomic mass is 9.92. The van der Waals surface area contributed by atoms with E-state index in [1.165, 1.54) is 11.3 Å². The number of carbonyl (C=O) groups excluding carboxylic acids is 1. The number of carbonyl (C=O) groups is 1. The van der Waals surface area contributed by atoms with Gasteiger partial charge in [-0.1, -0.05) is 32.1 Å². The van der Waals surface area contributed by atoms with Crippen molar-refractivity contribution in [3.63, 3.8) is 0 Å². The number of thiazole rings is 1. The molecule has 1 N–H and O–H groups in total. The molecular weight excluding hydrogens is 236 g/mol. The Kier molecular flexibility index (Phi) is 3.49. The predicted molar refractivity (Wildman–Crippen MR) is 68.2 cm³/mol. The molecular formula is C12H18N2O2S. The minimum Gasteiger partial charge on any atom is -0.375 e. The molecule has 0 aliphatic carbocycles. The molecule has 0 unspecified atom stereocenters. The van der Waals surface area contributed by atoms with Crippen molar-refractivity contribution in [2.24, 2.45) is 5.41 Å². The average Bonchev–Trinajstić information content (AvgIpc) is 2.55. The summed E-state index contributed by atoms with van der Waals surface area (Å²) in [5, 5.41) is 3.57. The van der Waals surface area contributed by atoms with E-state index in [1.54, 1.807) is 0 Å². The molecule has 2 heterocycles. The van der Waals surface area contributed by atoms with E-state index in [9.17, 15) is 4.79 Å². The van der Waals surface area contributed by atoms with Crippen molar-refractivity contribution in [2.75, 3.05) is 11.9 Å². The zero-order chi connectivity index (χ0) is 12.5. The van der Waals surface area contributed by atoms with Gasteiger partial charge in [-0.25, -0.2) is 4.98 Å². The highest BCUT2D eigenvalue weighted by atomic mass is 32.1. The van der Waals surface area contributed by atoms with E-state index in [2.05, 4.69) is 10.3 Å². The van der Waals surface area contributed by atoms with Crippen LogP contribution < -0.4 is 5.32 Å². The van der Waals surface area contributed by atoms with E-state index in [1.807, 2.05) is 20.8 Å². The first kappa shape index (κ1) is 12.5. The molecule has 2 rings (SSSR count). The largest absolute Gasteiger partial charge is 0.375 e. The van der Waals surface area contributed by atoms with Gasteiger partial charge in [0, 0.05) is 12.8 Å². The lowest BCUT2D eigenvalue weighted by molar-refractivity contribution is -0.117. The fourth-order valence-electron chi connectivity index (χ4n) is 1.72. The van der Waals surface area contributed by atoms with Gasteiger partial charge in [0.05, 0.1) is 23.8 Å². The quantitative estimate of drug-likeness (QED) is 0.882. The number of hydrogen-bond acceptors (Lipinski definition) is 4. The van der Waals surface area contributed by atoms with Crippen LogP contribution in [0.15, 0.2) is 0 Å². The van der Waals surface area contributed by atoms with Gasteiger partial charge in [0.25, 0.3) is 0 Å². The second kappa shape index (κ2) is 4.74. The Balaban J connectivity index is 1.99. The van der Waals surface area contributed by atoms with Crippen LogP contribution in [0.25, 0.3) is 0 Å². The lowest BCUT2D eigenvalue weighted by Crippen LogP contribution is -2.19. The van der Waals surface area contributed by atoms with Crippen molar-refractivity contribution in [2.45, 2.75) is 40.2 Å². The Morgan fingerprint density at radius 3 is 2.94 bits per heavy atom. The molecule has 1 aliphatic heterocycles. The highest BCUT2D eigenvalue weighted by Crippen LogP contribution is 2.28. The number of fused-ring (bicyclic) bond motifs is 1. The smallest absolute Gasteiger partial charge is 0.226 e. The van der Waals surface area contributed by atoms with Gasteiger partial charge in [-0.05, 0) is 5.41 Å². The van der Waals surface area contributed by atoms with Gasteiger partial charge in [-0.3, -0.25) is 4.79 Å². The van der Waals surface area contributed by atoms with Crippen LogP contribution >= 0.6 is 11.3 Å². The topological polar surface area (TPSA) is 51.2 Å². The minimum atomic E-state index is 0.00404. The van der Waals surface area contributed by atoms with Gasteiger partial charge in [0.15, 0.2) is 5.13 Å². The van der Waals surface area contributed by atoms with Crippen molar-refractivity contribution in [3.8, 4) is 0 Å². The molecule has 94 valence electrons. The number of ether oxygens (including phenoxy) is 1. The Hall–Kier alpha value is -0.940. The lowest BCUT2D eigenvalue weighted by Gasteiger charge is -2.16. The summed E-state index contributed by atoms with van der Waals surface area (Å²) in [6, 6.07) is 0. The van der Waals surface area contributed by atoms with Crippen molar-refractivity contribution in [1.82, 2.24) is 4.98 Å². The van der Waals surface area contributed by atoms with Gasteiger partial charge < -0.3 is 10.1 Å². The van der Waals surface area contributed by atoms with Gasteiger partial charge in [-0.2, -0.15) is 0 Å². The molecule has 4 nitrogen and oxygen atoms in total. The second-order valence-electron chi connectivity index (χ2n) is 5.48. The molecule has 0 saturated heterocycles. The van der Waals surface area contributed by atoms with Crippen LogP contribution in [0, 0.1) is 5.41 Å². The zero-order valence-electron chi connectivity index (χ0n) is 10.5. The van der Waals surface area contributed by atoms with Crippen LogP contribution in [-0.4, -0.2) is 17.5 Å². The third-order valence-corrected chi connectivity index (χ3v) is 3.42. The number of hydrogen-bond donors (Lipinski definition) is 1. The van der Waals surface area contributed by atoms with Gasteiger partial charge in [0.1, 0.15) is 0 Å². The van der Waals surface area contributed by atoms with Gasteiger partial charge in [0.2, 0.25) is 5.91 Å². The summed E-state index contributed by atoms with van der Waals surface area (Å²) in [4.78, 5) is 17.3. The van der Waals surface area contributed by atoms with Crippen LogP contribution in [0.1, 0.15) is 37.8 Å². The number of rotatable bonds is 2. The first-order chi connectivity index (χ1) is 7.94. The van der Waals surface area contributed by atoms with E-state index in [0.29, 0.717) is 18.2 Å². The summed E-state index contributed by atoms with van der Waals surface area (Å²) in [6.07, 6.45) is 1.36. The van der Waals surface area contributed by atoms with Crippen molar-refractivity contribution < 1.29 is 9.53 Å². The van der Waals surface area contributed by atoms with Crippen LogP contribution in [-0.2, 0) is 22.6 Å². The fourth-order valence-corrected chi connectivity index (χ4v) is 2.69. The van der Waals surface area contributed by atoms with E-state index < -0.39 is 0 Å². The predicted octanol–water partition coefficient (Wildman–Crippen LogP) is 2.59. The summed E-state index contributed by atoms with van der Waals surface area (Å²) >= 11 is 1.52. The van der Waals surface area contributed by atoms with Gasteiger partial charge >= 0.3 is 0 Å². The molecule has 17 heavy (non-hydrogen) atoms. The van der Waals surface area contributed by atoms with Crippen LogP contribution in [0.5, 0.6) is 0 Å². The molecule has 0 bridgehead atoms. The van der Waals surface area contributed by atoms with E-state index in [-0.39, 0.29) is 11.3 Å². The number of nitrogens with one attached hydrogen (secondary N) is 1.